The number of aryl methyl sites for hydroxylation is 1. The molecule has 0 atom stereocenters. The average Bonchev–Trinajstić information content (AvgIpc) is 2.79. The number of nitrogens with zero attached hydrogens (tertiary/aromatic N) is 2. The Hall–Kier alpha value is -1.38. The Kier molecular flexibility index (Phi) is 3.93. The number of nitrogens with one attached hydrogen (secondary N) is 1. The van der Waals surface area contributed by atoms with Crippen LogP contribution in [0.15, 0.2) is 23.1 Å². The van der Waals surface area contributed by atoms with Crippen molar-refractivity contribution in [3.8, 4) is 0 Å². The van der Waals surface area contributed by atoms with Gasteiger partial charge in [0.15, 0.2) is 0 Å². The monoisotopic (exact) mass is 318 g/mol. The summed E-state index contributed by atoms with van der Waals surface area (Å²) in [5.74, 6) is 0. The van der Waals surface area contributed by atoms with Crippen molar-refractivity contribution in [2.45, 2.75) is 18.2 Å². The van der Waals surface area contributed by atoms with Crippen molar-refractivity contribution in [2.75, 3.05) is 10.5 Å². The van der Waals surface area contributed by atoms with E-state index in [1.165, 1.54) is 29.5 Å². The number of hydrogen-bond donors (Lipinski definition) is 2. The minimum atomic E-state index is -3.73. The standard InChI is InChI=1S/C10H11ClN4O2S2/c1-2-9-13-14-10(18-9)15-19(16,17)6-3-4-7(11)8(12)5-6/h3-5H,2,12H2,1H3,(H,14,15). The minimum Gasteiger partial charge on any atom is -0.397 e. The number of hydrogen-bond acceptors (Lipinski definition) is 6. The van der Waals surface area contributed by atoms with Crippen LogP contribution in [-0.4, -0.2) is 18.6 Å². The van der Waals surface area contributed by atoms with Crippen LogP contribution in [0.25, 0.3) is 0 Å². The molecule has 1 aromatic carbocycles. The van der Waals surface area contributed by atoms with Crippen LogP contribution in [0.4, 0.5) is 10.8 Å². The minimum absolute atomic E-state index is 0.0302. The van der Waals surface area contributed by atoms with Gasteiger partial charge >= 0.3 is 0 Å². The number of anilines is 2. The number of aromatic nitrogens is 2. The molecule has 1 aromatic heterocycles. The Morgan fingerprint density at radius 2 is 2.16 bits per heavy atom. The number of benzene rings is 1. The lowest BCUT2D eigenvalue weighted by Crippen LogP contribution is -2.13. The van der Waals surface area contributed by atoms with E-state index in [0.29, 0.717) is 11.4 Å². The fourth-order valence-electron chi connectivity index (χ4n) is 1.30. The lowest BCUT2D eigenvalue weighted by molar-refractivity contribution is 0.601. The molecular formula is C10H11ClN4O2S2. The second-order valence-electron chi connectivity index (χ2n) is 3.64. The van der Waals surface area contributed by atoms with Crippen LogP contribution in [0.2, 0.25) is 5.02 Å². The summed E-state index contributed by atoms with van der Waals surface area (Å²) in [7, 11) is -3.73. The van der Waals surface area contributed by atoms with Crippen LogP contribution in [0.3, 0.4) is 0 Å². The van der Waals surface area contributed by atoms with E-state index >= 15 is 0 Å². The van der Waals surface area contributed by atoms with E-state index in [2.05, 4.69) is 14.9 Å². The Bertz CT molecular complexity index is 699. The fourth-order valence-corrected chi connectivity index (χ4v) is 3.36. The zero-order chi connectivity index (χ0) is 14.0. The normalized spacial score (nSPS) is 11.5. The molecule has 0 aliphatic carbocycles. The van der Waals surface area contributed by atoms with Crippen molar-refractivity contribution in [3.63, 3.8) is 0 Å². The largest absolute Gasteiger partial charge is 0.397 e. The molecule has 2 rings (SSSR count). The molecule has 3 N–H and O–H groups in total. The Morgan fingerprint density at radius 3 is 2.74 bits per heavy atom. The van der Waals surface area contributed by atoms with Crippen LogP contribution < -0.4 is 10.5 Å². The number of halogens is 1. The molecule has 1 heterocycles. The van der Waals surface area contributed by atoms with Crippen molar-refractivity contribution < 1.29 is 8.42 Å². The second kappa shape index (κ2) is 5.32. The Morgan fingerprint density at radius 1 is 1.42 bits per heavy atom. The highest BCUT2D eigenvalue weighted by atomic mass is 35.5. The molecule has 0 saturated carbocycles. The zero-order valence-electron chi connectivity index (χ0n) is 9.92. The van der Waals surface area contributed by atoms with Crippen molar-refractivity contribution in [3.05, 3.63) is 28.2 Å². The Balaban J connectivity index is 2.29. The topological polar surface area (TPSA) is 98.0 Å². The quantitative estimate of drug-likeness (QED) is 0.842. The highest BCUT2D eigenvalue weighted by Gasteiger charge is 2.17. The molecule has 6 nitrogen and oxygen atoms in total. The van der Waals surface area contributed by atoms with Crippen LogP contribution in [0.5, 0.6) is 0 Å². The van der Waals surface area contributed by atoms with E-state index in [1.807, 2.05) is 6.92 Å². The van der Waals surface area contributed by atoms with Gasteiger partial charge in [-0.25, -0.2) is 8.42 Å². The van der Waals surface area contributed by atoms with Gasteiger partial charge in [-0.3, -0.25) is 4.72 Å². The van der Waals surface area contributed by atoms with Gasteiger partial charge in [-0.1, -0.05) is 29.9 Å². The molecule has 0 bridgehead atoms. The number of rotatable bonds is 4. The van der Waals surface area contributed by atoms with Gasteiger partial charge in [-0.05, 0) is 24.6 Å². The fraction of sp³-hybridized carbons (Fsp3) is 0.200. The van der Waals surface area contributed by atoms with E-state index in [0.717, 1.165) is 5.01 Å². The van der Waals surface area contributed by atoms with E-state index in [1.54, 1.807) is 0 Å². The lowest BCUT2D eigenvalue weighted by Gasteiger charge is -2.06. The maximum absolute atomic E-state index is 12.1. The summed E-state index contributed by atoms with van der Waals surface area (Å²) in [6.07, 6.45) is 0.702. The third-order valence-corrected chi connectivity index (χ3v) is 5.06. The van der Waals surface area contributed by atoms with Gasteiger partial charge < -0.3 is 5.73 Å². The van der Waals surface area contributed by atoms with Gasteiger partial charge in [-0.2, -0.15) is 0 Å². The predicted molar refractivity (Wildman–Crippen MR) is 76.0 cm³/mol. The lowest BCUT2D eigenvalue weighted by atomic mass is 10.3. The van der Waals surface area contributed by atoms with E-state index in [-0.39, 0.29) is 15.7 Å². The first-order valence-corrected chi connectivity index (χ1v) is 8.00. The molecule has 0 aliphatic heterocycles. The molecule has 0 fully saturated rings. The molecule has 0 saturated heterocycles. The van der Waals surface area contributed by atoms with Gasteiger partial charge in [0, 0.05) is 0 Å². The molecule has 19 heavy (non-hydrogen) atoms. The maximum Gasteiger partial charge on any atom is 0.263 e. The molecule has 0 aliphatic rings. The molecule has 0 unspecified atom stereocenters. The summed E-state index contributed by atoms with van der Waals surface area (Å²) in [6.45, 7) is 1.92. The average molecular weight is 319 g/mol. The van der Waals surface area contributed by atoms with E-state index in [4.69, 9.17) is 17.3 Å². The zero-order valence-corrected chi connectivity index (χ0v) is 12.3. The number of sulfonamides is 1. The van der Waals surface area contributed by atoms with Crippen LogP contribution in [0, 0.1) is 0 Å². The SMILES string of the molecule is CCc1nnc(NS(=O)(=O)c2ccc(Cl)c(N)c2)s1. The Labute approximate surface area is 119 Å². The highest BCUT2D eigenvalue weighted by Crippen LogP contribution is 2.25. The maximum atomic E-state index is 12.1. The van der Waals surface area contributed by atoms with Crippen molar-refractivity contribution in [1.29, 1.82) is 0 Å². The van der Waals surface area contributed by atoms with Crippen LogP contribution in [-0.2, 0) is 16.4 Å². The summed E-state index contributed by atoms with van der Waals surface area (Å²) < 4.78 is 26.5. The van der Waals surface area contributed by atoms with Crippen LogP contribution in [0.1, 0.15) is 11.9 Å². The smallest absolute Gasteiger partial charge is 0.263 e. The predicted octanol–water partition coefficient (Wildman–Crippen LogP) is 2.14. The first-order valence-electron chi connectivity index (χ1n) is 5.32. The summed E-state index contributed by atoms with van der Waals surface area (Å²) >= 11 is 6.94. The number of nitrogens with two attached hydrogens (primary N) is 1. The van der Waals surface area contributed by atoms with Crippen molar-refractivity contribution >= 4 is 43.8 Å². The molecule has 2 aromatic rings. The molecule has 0 spiro atoms. The molecular weight excluding hydrogens is 308 g/mol. The molecule has 9 heteroatoms. The van der Waals surface area contributed by atoms with Crippen molar-refractivity contribution in [1.82, 2.24) is 10.2 Å². The summed E-state index contributed by atoms with van der Waals surface area (Å²) in [5, 5.41) is 8.89. The summed E-state index contributed by atoms with van der Waals surface area (Å²) in [5.41, 5.74) is 5.79. The molecule has 0 amide bonds. The number of nitrogen functional groups attached to an aromatic ring is 1. The molecule has 102 valence electrons. The first kappa shape index (κ1) is 14.0. The third-order valence-electron chi connectivity index (χ3n) is 2.27. The summed E-state index contributed by atoms with van der Waals surface area (Å²) in [4.78, 5) is 0.0302. The van der Waals surface area contributed by atoms with Crippen molar-refractivity contribution in [2.24, 2.45) is 0 Å². The van der Waals surface area contributed by atoms with Gasteiger partial charge in [-0.15, -0.1) is 10.2 Å². The van der Waals surface area contributed by atoms with E-state index in [9.17, 15) is 8.42 Å². The third kappa shape index (κ3) is 3.14. The van der Waals surface area contributed by atoms with E-state index < -0.39 is 10.0 Å². The van der Waals surface area contributed by atoms with Gasteiger partial charge in [0.1, 0.15) is 5.01 Å². The second-order valence-corrected chi connectivity index (χ2v) is 6.79. The first-order chi connectivity index (χ1) is 8.92. The highest BCUT2D eigenvalue weighted by molar-refractivity contribution is 7.93. The van der Waals surface area contributed by atoms with Gasteiger partial charge in [0.25, 0.3) is 10.0 Å². The molecule has 0 radical (unpaired) electrons. The van der Waals surface area contributed by atoms with Gasteiger partial charge in [0.05, 0.1) is 15.6 Å². The van der Waals surface area contributed by atoms with Crippen LogP contribution >= 0.6 is 22.9 Å². The van der Waals surface area contributed by atoms with Gasteiger partial charge in [0.2, 0.25) is 5.13 Å². The summed E-state index contributed by atoms with van der Waals surface area (Å²) in [6, 6.07) is 4.11.